The number of halogens is 1. The van der Waals surface area contributed by atoms with Gasteiger partial charge in [0.2, 0.25) is 10.0 Å². The molecule has 7 nitrogen and oxygen atoms in total. The molecule has 0 heterocycles. The summed E-state index contributed by atoms with van der Waals surface area (Å²) in [4.78, 5) is 14.0. The van der Waals surface area contributed by atoms with Crippen molar-refractivity contribution in [3.63, 3.8) is 0 Å². The van der Waals surface area contributed by atoms with Crippen molar-refractivity contribution in [1.29, 1.82) is 0 Å². The highest BCUT2D eigenvalue weighted by molar-refractivity contribution is 7.89. The molecule has 1 saturated carbocycles. The fourth-order valence-electron chi connectivity index (χ4n) is 3.28. The van der Waals surface area contributed by atoms with Crippen LogP contribution in [0.4, 0.5) is 5.69 Å². The molecule has 0 bridgehead atoms. The van der Waals surface area contributed by atoms with Gasteiger partial charge in [-0.3, -0.25) is 4.79 Å². The van der Waals surface area contributed by atoms with Crippen LogP contribution in [0.1, 0.15) is 25.7 Å². The molecule has 1 aliphatic rings. The molecule has 0 unspecified atom stereocenters. The molecule has 0 saturated heterocycles. The number of nitrogens with zero attached hydrogens (tertiary/aromatic N) is 1. The van der Waals surface area contributed by atoms with Crippen LogP contribution in [-0.2, 0) is 14.8 Å². The molecule has 30 heavy (non-hydrogen) atoms. The molecule has 1 aliphatic carbocycles. The van der Waals surface area contributed by atoms with Gasteiger partial charge in [-0.05, 0) is 55.3 Å². The molecule has 2 aromatic carbocycles. The number of hydrogen-bond donors (Lipinski definition) is 1. The number of hydrogen-bond acceptors (Lipinski definition) is 5. The molecule has 1 amide bonds. The summed E-state index contributed by atoms with van der Waals surface area (Å²) in [5.74, 6) is 0.656. The Morgan fingerprint density at radius 2 is 1.83 bits per heavy atom. The van der Waals surface area contributed by atoms with E-state index in [0.29, 0.717) is 11.4 Å². The number of sulfonamides is 1. The van der Waals surface area contributed by atoms with E-state index in [2.05, 4.69) is 4.72 Å². The van der Waals surface area contributed by atoms with E-state index in [0.717, 1.165) is 25.7 Å². The first-order valence-electron chi connectivity index (χ1n) is 9.65. The van der Waals surface area contributed by atoms with Crippen LogP contribution in [0, 0.1) is 0 Å². The molecule has 162 valence electrons. The van der Waals surface area contributed by atoms with E-state index in [1.807, 2.05) is 0 Å². The highest BCUT2D eigenvalue weighted by Gasteiger charge is 2.23. The molecule has 2 aromatic rings. The van der Waals surface area contributed by atoms with Crippen LogP contribution >= 0.6 is 11.6 Å². The quantitative estimate of drug-likeness (QED) is 0.661. The molecule has 0 spiro atoms. The highest BCUT2D eigenvalue weighted by atomic mass is 35.5. The first-order valence-corrected chi connectivity index (χ1v) is 11.5. The van der Waals surface area contributed by atoms with E-state index in [4.69, 9.17) is 21.1 Å². The lowest BCUT2D eigenvalue weighted by Crippen LogP contribution is -2.32. The average molecular weight is 453 g/mol. The van der Waals surface area contributed by atoms with Crippen LogP contribution in [0.3, 0.4) is 0 Å². The van der Waals surface area contributed by atoms with Crippen molar-refractivity contribution >= 4 is 33.2 Å². The van der Waals surface area contributed by atoms with E-state index in [9.17, 15) is 13.2 Å². The molecular weight excluding hydrogens is 428 g/mol. The molecule has 0 aromatic heterocycles. The lowest BCUT2D eigenvalue weighted by Gasteiger charge is -2.18. The zero-order chi connectivity index (χ0) is 21.7. The summed E-state index contributed by atoms with van der Waals surface area (Å²) in [6.07, 6.45) is 3.75. The van der Waals surface area contributed by atoms with Gasteiger partial charge >= 0.3 is 0 Å². The Balaban J connectivity index is 1.61. The van der Waals surface area contributed by atoms with Gasteiger partial charge in [-0.25, -0.2) is 13.1 Å². The predicted octanol–water partition coefficient (Wildman–Crippen LogP) is 3.61. The Labute approximate surface area is 182 Å². The second-order valence-corrected chi connectivity index (χ2v) is 9.26. The summed E-state index contributed by atoms with van der Waals surface area (Å²) in [7, 11) is -0.434. The largest absolute Gasteiger partial charge is 0.497 e. The van der Waals surface area contributed by atoms with E-state index < -0.39 is 10.0 Å². The summed E-state index contributed by atoms with van der Waals surface area (Å²) < 4.78 is 38.4. The smallest absolute Gasteiger partial charge is 0.264 e. The van der Waals surface area contributed by atoms with Crippen molar-refractivity contribution in [3.8, 4) is 11.5 Å². The number of rotatable bonds is 8. The van der Waals surface area contributed by atoms with Crippen molar-refractivity contribution in [1.82, 2.24) is 4.72 Å². The fourth-order valence-corrected chi connectivity index (χ4v) is 4.91. The number of likely N-dealkylation sites (N-methyl/N-ethyl adjacent to an activating group) is 1. The minimum atomic E-state index is -3.64. The summed E-state index contributed by atoms with van der Waals surface area (Å²) in [6.45, 7) is -0.241. The predicted molar refractivity (Wildman–Crippen MR) is 116 cm³/mol. The van der Waals surface area contributed by atoms with Crippen molar-refractivity contribution in [2.75, 3.05) is 25.7 Å². The number of ether oxygens (including phenoxy) is 2. The number of carbonyl (C=O) groups is 1. The maximum absolute atomic E-state index is 12.5. The second kappa shape index (κ2) is 9.68. The van der Waals surface area contributed by atoms with Crippen LogP contribution in [0.2, 0.25) is 5.02 Å². The van der Waals surface area contributed by atoms with Crippen LogP contribution < -0.4 is 19.1 Å². The van der Waals surface area contributed by atoms with Crippen LogP contribution in [0.15, 0.2) is 47.4 Å². The first-order chi connectivity index (χ1) is 14.3. The van der Waals surface area contributed by atoms with Crippen LogP contribution in [0.25, 0.3) is 0 Å². The van der Waals surface area contributed by atoms with Gasteiger partial charge in [0.05, 0.1) is 17.0 Å². The van der Waals surface area contributed by atoms with Gasteiger partial charge in [0.25, 0.3) is 5.91 Å². The van der Waals surface area contributed by atoms with Crippen LogP contribution in [-0.4, -0.2) is 41.1 Å². The number of carbonyl (C=O) groups excluding carboxylic acids is 1. The standard InChI is InChI=1S/C21H25ClN2O5S/c1-24(16-7-9-17(28-2)10-8-16)21(25)14-29-20-12-11-18(13-19(20)22)30(26,27)23-15-5-3-4-6-15/h7-13,15,23H,3-6,14H2,1-2H3. The Morgan fingerprint density at radius 1 is 1.17 bits per heavy atom. The molecule has 0 aliphatic heterocycles. The molecule has 9 heteroatoms. The second-order valence-electron chi connectivity index (χ2n) is 7.13. The van der Waals surface area contributed by atoms with E-state index in [-0.39, 0.29) is 34.2 Å². The zero-order valence-corrected chi connectivity index (χ0v) is 18.5. The number of nitrogens with one attached hydrogen (secondary N) is 1. The first kappa shape index (κ1) is 22.4. The number of anilines is 1. The topological polar surface area (TPSA) is 84.9 Å². The van der Waals surface area contributed by atoms with E-state index >= 15 is 0 Å². The van der Waals surface area contributed by atoms with E-state index in [1.54, 1.807) is 38.4 Å². The van der Waals surface area contributed by atoms with Gasteiger partial charge in [0, 0.05) is 18.8 Å². The Hall–Kier alpha value is -2.29. The van der Waals surface area contributed by atoms with Crippen LogP contribution in [0.5, 0.6) is 11.5 Å². The summed E-state index contributed by atoms with van der Waals surface area (Å²) in [6, 6.07) is 11.2. The molecule has 1 N–H and O–H groups in total. The van der Waals surface area contributed by atoms with Gasteiger partial charge in [-0.1, -0.05) is 24.4 Å². The van der Waals surface area contributed by atoms with E-state index in [1.165, 1.54) is 23.1 Å². The SMILES string of the molecule is COc1ccc(N(C)C(=O)COc2ccc(S(=O)(=O)NC3CCCC3)cc2Cl)cc1. The third kappa shape index (κ3) is 5.44. The normalized spacial score (nSPS) is 14.5. The molecular formula is C21H25ClN2O5S. The maximum Gasteiger partial charge on any atom is 0.264 e. The summed E-state index contributed by atoms with van der Waals surface area (Å²) in [5.41, 5.74) is 0.690. The minimum absolute atomic E-state index is 0.0317. The lowest BCUT2D eigenvalue weighted by atomic mass is 10.3. The lowest BCUT2D eigenvalue weighted by molar-refractivity contribution is -0.120. The Bertz CT molecular complexity index is 989. The fraction of sp³-hybridized carbons (Fsp3) is 0.381. The number of amides is 1. The van der Waals surface area contributed by atoms with Crippen molar-refractivity contribution in [3.05, 3.63) is 47.5 Å². The van der Waals surface area contributed by atoms with Gasteiger partial charge in [0.1, 0.15) is 11.5 Å². The van der Waals surface area contributed by atoms with Gasteiger partial charge in [-0.2, -0.15) is 0 Å². The maximum atomic E-state index is 12.5. The van der Waals surface area contributed by atoms with Gasteiger partial charge in [0.15, 0.2) is 6.61 Å². The third-order valence-corrected chi connectivity index (χ3v) is 6.89. The molecule has 0 atom stereocenters. The van der Waals surface area contributed by atoms with Crippen molar-refractivity contribution < 1.29 is 22.7 Å². The monoisotopic (exact) mass is 452 g/mol. The highest BCUT2D eigenvalue weighted by Crippen LogP contribution is 2.28. The summed E-state index contributed by atoms with van der Waals surface area (Å²) >= 11 is 6.21. The minimum Gasteiger partial charge on any atom is -0.497 e. The zero-order valence-electron chi connectivity index (χ0n) is 16.9. The average Bonchev–Trinajstić information content (AvgIpc) is 3.24. The van der Waals surface area contributed by atoms with Gasteiger partial charge in [-0.15, -0.1) is 0 Å². The van der Waals surface area contributed by atoms with Crippen molar-refractivity contribution in [2.24, 2.45) is 0 Å². The van der Waals surface area contributed by atoms with Crippen molar-refractivity contribution in [2.45, 2.75) is 36.6 Å². The number of methoxy groups -OCH3 is 1. The molecule has 1 fully saturated rings. The molecule has 3 rings (SSSR count). The molecule has 0 radical (unpaired) electrons. The number of benzene rings is 2. The van der Waals surface area contributed by atoms with Gasteiger partial charge < -0.3 is 14.4 Å². The Morgan fingerprint density at radius 3 is 2.43 bits per heavy atom. The summed E-state index contributed by atoms with van der Waals surface area (Å²) in [5, 5.41) is 0.129. The third-order valence-electron chi connectivity index (χ3n) is 5.08. The Kier molecular flexibility index (Phi) is 7.23.